The van der Waals surface area contributed by atoms with Crippen molar-refractivity contribution in [3.63, 3.8) is 0 Å². The average Bonchev–Trinajstić information content (AvgIpc) is 2.08. The van der Waals surface area contributed by atoms with Crippen LogP contribution in [0.3, 0.4) is 0 Å². The van der Waals surface area contributed by atoms with Gasteiger partial charge in [0, 0.05) is 0 Å². The molecule has 3 N–H and O–H groups in total. The Balaban J connectivity index is 0.00000144. The molecule has 1 heterocycles. The molecular formula is C7H14ClNO4. The maximum atomic E-state index is 11.0. The molecule has 0 unspecified atom stereocenters. The molecule has 0 bridgehead atoms. The Hall–Kier alpha value is -0.360. The number of aliphatic hydroxyl groups is 2. The largest absolute Gasteiger partial charge is 0.468 e. The molecule has 78 valence electrons. The number of ether oxygens (including phenoxy) is 1. The van der Waals surface area contributed by atoms with Crippen molar-refractivity contribution in [1.82, 2.24) is 5.32 Å². The highest BCUT2D eigenvalue weighted by Gasteiger charge is 2.35. The van der Waals surface area contributed by atoms with Gasteiger partial charge in [-0.15, -0.1) is 12.4 Å². The van der Waals surface area contributed by atoms with Crippen molar-refractivity contribution in [1.29, 1.82) is 0 Å². The third kappa shape index (κ3) is 2.80. The zero-order chi connectivity index (χ0) is 9.14. The molecule has 5 nitrogen and oxygen atoms in total. The summed E-state index contributed by atoms with van der Waals surface area (Å²) in [5.41, 5.74) is 0. The quantitative estimate of drug-likeness (QED) is 0.468. The number of aliphatic hydroxyl groups excluding tert-OH is 2. The van der Waals surface area contributed by atoms with Crippen LogP contribution in [0.15, 0.2) is 0 Å². The van der Waals surface area contributed by atoms with Crippen LogP contribution in [0.25, 0.3) is 0 Å². The van der Waals surface area contributed by atoms with E-state index >= 15 is 0 Å². The van der Waals surface area contributed by atoms with Gasteiger partial charge in [0.2, 0.25) is 0 Å². The van der Waals surface area contributed by atoms with Crippen molar-refractivity contribution in [3.05, 3.63) is 0 Å². The lowest BCUT2D eigenvalue weighted by Gasteiger charge is -2.30. The number of nitrogens with one attached hydrogen (secondary N) is 1. The Bertz CT molecular complexity index is 178. The molecule has 0 spiro atoms. The van der Waals surface area contributed by atoms with Crippen LogP contribution in [0.4, 0.5) is 0 Å². The minimum atomic E-state index is -1.06. The minimum Gasteiger partial charge on any atom is -0.468 e. The van der Waals surface area contributed by atoms with Crippen LogP contribution >= 0.6 is 12.4 Å². The molecule has 6 heteroatoms. The number of piperidine rings is 1. The predicted octanol–water partition coefficient (Wildman–Crippen LogP) is -1.34. The van der Waals surface area contributed by atoms with E-state index in [2.05, 4.69) is 10.1 Å². The zero-order valence-electron chi connectivity index (χ0n) is 7.27. The Morgan fingerprint density at radius 2 is 2.15 bits per heavy atom. The standard InChI is InChI=1S/C7H13NO4.ClH/c1-12-7(11)5-6(10)4(9)2-3-8-5;/h4-6,8-10H,2-3H2,1H3;1H/t4-,5+,6-;/m0./s1. The van der Waals surface area contributed by atoms with E-state index in [0.29, 0.717) is 13.0 Å². The van der Waals surface area contributed by atoms with Gasteiger partial charge in [-0.05, 0) is 13.0 Å². The van der Waals surface area contributed by atoms with Crippen molar-refractivity contribution in [2.45, 2.75) is 24.7 Å². The molecule has 0 aromatic carbocycles. The first-order valence-electron chi connectivity index (χ1n) is 3.84. The SMILES string of the molecule is COC(=O)[C@@H]1NCC[C@H](O)[C@@H]1O.Cl. The van der Waals surface area contributed by atoms with Gasteiger partial charge in [-0.25, -0.2) is 0 Å². The van der Waals surface area contributed by atoms with Gasteiger partial charge < -0.3 is 20.3 Å². The van der Waals surface area contributed by atoms with Gasteiger partial charge in [0.15, 0.2) is 0 Å². The van der Waals surface area contributed by atoms with Crippen LogP contribution in [0.1, 0.15) is 6.42 Å². The van der Waals surface area contributed by atoms with Crippen molar-refractivity contribution < 1.29 is 19.7 Å². The van der Waals surface area contributed by atoms with Crippen molar-refractivity contribution in [3.8, 4) is 0 Å². The summed E-state index contributed by atoms with van der Waals surface area (Å²) >= 11 is 0. The van der Waals surface area contributed by atoms with Crippen LogP contribution < -0.4 is 5.32 Å². The smallest absolute Gasteiger partial charge is 0.325 e. The second kappa shape index (κ2) is 5.39. The summed E-state index contributed by atoms with van der Waals surface area (Å²) in [5, 5.41) is 21.3. The molecule has 1 rings (SSSR count). The van der Waals surface area contributed by atoms with E-state index < -0.39 is 24.2 Å². The van der Waals surface area contributed by atoms with Crippen LogP contribution in [-0.4, -0.2) is 48.1 Å². The van der Waals surface area contributed by atoms with Gasteiger partial charge in [-0.1, -0.05) is 0 Å². The van der Waals surface area contributed by atoms with Crippen molar-refractivity contribution in [2.24, 2.45) is 0 Å². The fraction of sp³-hybridized carbons (Fsp3) is 0.857. The highest BCUT2D eigenvalue weighted by Crippen LogP contribution is 2.10. The normalized spacial score (nSPS) is 33.3. The third-order valence-corrected chi connectivity index (χ3v) is 2.00. The molecule has 0 radical (unpaired) electrons. The number of esters is 1. The number of halogens is 1. The number of hydrogen-bond donors (Lipinski definition) is 3. The topological polar surface area (TPSA) is 78.8 Å². The number of hydrogen-bond acceptors (Lipinski definition) is 5. The van der Waals surface area contributed by atoms with Gasteiger partial charge in [0.1, 0.15) is 12.1 Å². The molecule has 0 aliphatic carbocycles. The number of carbonyl (C=O) groups excluding carboxylic acids is 1. The molecule has 1 aliphatic heterocycles. The monoisotopic (exact) mass is 211 g/mol. The number of rotatable bonds is 1. The van der Waals surface area contributed by atoms with Crippen molar-refractivity contribution >= 4 is 18.4 Å². The molecule has 0 saturated carbocycles. The van der Waals surface area contributed by atoms with E-state index in [9.17, 15) is 15.0 Å². The molecule has 1 saturated heterocycles. The summed E-state index contributed by atoms with van der Waals surface area (Å²) in [7, 11) is 1.25. The highest BCUT2D eigenvalue weighted by atomic mass is 35.5. The first-order chi connectivity index (χ1) is 5.66. The molecule has 1 fully saturated rings. The van der Waals surface area contributed by atoms with E-state index in [1.54, 1.807) is 0 Å². The van der Waals surface area contributed by atoms with E-state index in [0.717, 1.165) is 0 Å². The Labute approximate surface area is 82.5 Å². The van der Waals surface area contributed by atoms with E-state index in [1.165, 1.54) is 7.11 Å². The van der Waals surface area contributed by atoms with E-state index in [-0.39, 0.29) is 12.4 Å². The van der Waals surface area contributed by atoms with Crippen LogP contribution in [0.5, 0.6) is 0 Å². The van der Waals surface area contributed by atoms with Crippen LogP contribution in [0.2, 0.25) is 0 Å². The summed E-state index contributed by atoms with van der Waals surface area (Å²) in [6.07, 6.45) is -1.45. The lowest BCUT2D eigenvalue weighted by Crippen LogP contribution is -2.56. The predicted molar refractivity (Wildman–Crippen MR) is 47.7 cm³/mol. The molecule has 13 heavy (non-hydrogen) atoms. The molecule has 0 amide bonds. The molecule has 0 aromatic heterocycles. The molecule has 0 aromatic rings. The Morgan fingerprint density at radius 3 is 2.69 bits per heavy atom. The van der Waals surface area contributed by atoms with Gasteiger partial charge in [0.25, 0.3) is 0 Å². The maximum absolute atomic E-state index is 11.0. The summed E-state index contributed by atoms with van der Waals surface area (Å²) in [6.45, 7) is 0.512. The molecular weight excluding hydrogens is 198 g/mol. The average molecular weight is 212 g/mol. The lowest BCUT2D eigenvalue weighted by molar-refractivity contribution is -0.150. The highest BCUT2D eigenvalue weighted by molar-refractivity contribution is 5.85. The second-order valence-corrected chi connectivity index (χ2v) is 2.80. The minimum absolute atomic E-state index is 0. The first-order valence-corrected chi connectivity index (χ1v) is 3.84. The lowest BCUT2D eigenvalue weighted by atomic mass is 9.99. The second-order valence-electron chi connectivity index (χ2n) is 2.80. The number of carbonyl (C=O) groups is 1. The first kappa shape index (κ1) is 12.6. The Morgan fingerprint density at radius 1 is 1.54 bits per heavy atom. The van der Waals surface area contributed by atoms with Gasteiger partial charge in [-0.3, -0.25) is 4.79 Å². The fourth-order valence-electron chi connectivity index (χ4n) is 1.25. The van der Waals surface area contributed by atoms with Crippen LogP contribution in [0, 0.1) is 0 Å². The summed E-state index contributed by atoms with van der Waals surface area (Å²) < 4.78 is 4.44. The summed E-state index contributed by atoms with van der Waals surface area (Å²) in [5.74, 6) is -0.541. The van der Waals surface area contributed by atoms with Gasteiger partial charge >= 0.3 is 5.97 Å². The van der Waals surface area contributed by atoms with E-state index in [4.69, 9.17) is 0 Å². The fourth-order valence-corrected chi connectivity index (χ4v) is 1.25. The van der Waals surface area contributed by atoms with Gasteiger partial charge in [-0.2, -0.15) is 0 Å². The third-order valence-electron chi connectivity index (χ3n) is 2.00. The Kier molecular flexibility index (Phi) is 5.24. The molecule has 3 atom stereocenters. The van der Waals surface area contributed by atoms with Crippen molar-refractivity contribution in [2.75, 3.05) is 13.7 Å². The summed E-state index contributed by atoms with van der Waals surface area (Å²) in [4.78, 5) is 11.0. The summed E-state index contributed by atoms with van der Waals surface area (Å²) in [6, 6.07) is -0.793. The van der Waals surface area contributed by atoms with E-state index in [1.807, 2.05) is 0 Å². The zero-order valence-corrected chi connectivity index (χ0v) is 8.08. The maximum Gasteiger partial charge on any atom is 0.325 e. The molecule has 1 aliphatic rings. The van der Waals surface area contributed by atoms with Gasteiger partial charge in [0.05, 0.1) is 13.2 Å². The van der Waals surface area contributed by atoms with Crippen LogP contribution in [-0.2, 0) is 9.53 Å². The number of methoxy groups -OCH3 is 1.